The summed E-state index contributed by atoms with van der Waals surface area (Å²) >= 11 is 0. The normalized spacial score (nSPS) is 14.6. The molecule has 3 unspecified atom stereocenters. The van der Waals surface area contributed by atoms with Crippen LogP contribution in [-0.4, -0.2) is 66.5 Å². The predicted molar refractivity (Wildman–Crippen MR) is 315 cm³/mol. The van der Waals surface area contributed by atoms with E-state index >= 15 is 0 Å². The van der Waals surface area contributed by atoms with Gasteiger partial charge in [0, 0.05) is 19.3 Å². The van der Waals surface area contributed by atoms with Crippen LogP contribution in [-0.2, 0) is 42.2 Å². The van der Waals surface area contributed by atoms with Crippen molar-refractivity contribution in [1.82, 2.24) is 0 Å². The Morgan fingerprint density at radius 3 is 1.08 bits per heavy atom. The summed E-state index contributed by atoms with van der Waals surface area (Å²) in [7, 11) is -4.80. The van der Waals surface area contributed by atoms with Gasteiger partial charge in [-0.2, -0.15) is 0 Å². The molecule has 0 rings (SSSR count). The van der Waals surface area contributed by atoms with Gasteiger partial charge in [-0.15, -0.1) is 0 Å². The fraction of sp³-hybridized carbons (Fsp3) is 0.516. The second-order valence-electron chi connectivity index (χ2n) is 17.6. The fourth-order valence-electron chi connectivity index (χ4n) is 6.49. The van der Waals surface area contributed by atoms with Gasteiger partial charge in [-0.3, -0.25) is 23.4 Å². The van der Waals surface area contributed by atoms with Crippen LogP contribution in [0.3, 0.4) is 0 Å². The number of unbranched alkanes of at least 4 members (excludes halogenated alkanes) is 4. The number of carbonyl (C=O) groups is 3. The summed E-state index contributed by atoms with van der Waals surface area (Å²) in [5.41, 5.74) is 0. The second kappa shape index (κ2) is 56.1. The number of phosphoric ester groups is 1. The zero-order valence-corrected chi connectivity index (χ0v) is 47.5. The number of aliphatic hydroxyl groups is 1. The van der Waals surface area contributed by atoms with Crippen molar-refractivity contribution in [2.24, 2.45) is 0 Å². The minimum Gasteiger partial charge on any atom is -0.462 e. The Balaban J connectivity index is 4.97. The van der Waals surface area contributed by atoms with Gasteiger partial charge in [0.05, 0.1) is 19.8 Å². The first-order valence-electron chi connectivity index (χ1n) is 28.0. The molecule has 0 amide bonds. The smallest absolute Gasteiger partial charge is 0.462 e. The van der Waals surface area contributed by atoms with E-state index in [0.717, 1.165) is 109 Å². The average Bonchev–Trinajstić information content (AvgIpc) is 3.41. The van der Waals surface area contributed by atoms with Gasteiger partial charge in [0.25, 0.3) is 0 Å². The van der Waals surface area contributed by atoms with Crippen LogP contribution < -0.4 is 0 Å². The van der Waals surface area contributed by atoms with Gasteiger partial charge in [-0.25, -0.2) is 4.57 Å². The van der Waals surface area contributed by atoms with Crippen LogP contribution in [0.15, 0.2) is 170 Å². The van der Waals surface area contributed by atoms with Crippen molar-refractivity contribution in [1.29, 1.82) is 0 Å². The average molecular weight is 1070 g/mol. The first-order chi connectivity index (χ1) is 37.2. The summed E-state index contributed by atoms with van der Waals surface area (Å²) in [6.45, 7) is 4.07. The highest BCUT2D eigenvalue weighted by atomic mass is 31.2. The molecule has 76 heavy (non-hydrogen) atoms. The van der Waals surface area contributed by atoms with Gasteiger partial charge in [0.1, 0.15) is 12.7 Å². The third kappa shape index (κ3) is 53.7. The Labute approximate surface area is 459 Å². The maximum Gasteiger partial charge on any atom is 0.472 e. The molecule has 12 heteroatoms. The predicted octanol–water partition coefficient (Wildman–Crippen LogP) is 16.7. The molecule has 0 aliphatic rings. The van der Waals surface area contributed by atoms with Gasteiger partial charge >= 0.3 is 25.7 Å². The number of phosphoric acid groups is 1. The molecule has 0 fully saturated rings. The molecule has 0 spiro atoms. The molecule has 0 heterocycles. The number of carbonyl (C=O) groups excluding carboxylic acids is 3. The molecule has 0 aromatic heterocycles. The molecule has 0 bridgehead atoms. The zero-order chi connectivity index (χ0) is 55.5. The van der Waals surface area contributed by atoms with E-state index in [1.165, 1.54) is 0 Å². The number of allylic oxidation sites excluding steroid dienone is 28. The third-order valence-electron chi connectivity index (χ3n) is 10.6. The van der Waals surface area contributed by atoms with Crippen molar-refractivity contribution >= 4 is 25.7 Å². The van der Waals surface area contributed by atoms with E-state index in [0.29, 0.717) is 25.7 Å². The van der Waals surface area contributed by atoms with Crippen LogP contribution in [0, 0.1) is 0 Å². The van der Waals surface area contributed by atoms with Crippen molar-refractivity contribution in [2.45, 2.75) is 187 Å². The lowest BCUT2D eigenvalue weighted by Crippen LogP contribution is -2.30. The molecule has 0 aromatic rings. The minimum absolute atomic E-state index is 0.0389. The summed E-state index contributed by atoms with van der Waals surface area (Å²) in [5, 5.41) is 9.79. The number of hydrogen-bond acceptors (Lipinski definition) is 10. The highest BCUT2D eigenvalue weighted by Crippen LogP contribution is 2.43. The first-order valence-corrected chi connectivity index (χ1v) is 29.5. The lowest BCUT2D eigenvalue weighted by molar-refractivity contribution is -0.161. The monoisotopic (exact) mass is 1070 g/mol. The zero-order valence-electron chi connectivity index (χ0n) is 46.6. The molecule has 0 aromatic carbocycles. The molecule has 0 aliphatic heterocycles. The Bertz CT molecular complexity index is 1920. The summed E-state index contributed by atoms with van der Waals surface area (Å²) in [6.07, 6.45) is 74.9. The van der Waals surface area contributed by atoms with E-state index < -0.39 is 64.4 Å². The van der Waals surface area contributed by atoms with E-state index in [4.69, 9.17) is 23.3 Å². The molecular weight excluding hydrogens is 976 g/mol. The van der Waals surface area contributed by atoms with E-state index in [9.17, 15) is 28.9 Å². The van der Waals surface area contributed by atoms with Gasteiger partial charge in [-0.05, 0) is 128 Å². The number of aliphatic hydroxyl groups excluding tert-OH is 1. The quantitative estimate of drug-likeness (QED) is 0.0197. The largest absolute Gasteiger partial charge is 0.472 e. The molecule has 0 saturated carbocycles. The van der Waals surface area contributed by atoms with Crippen LogP contribution in [0.4, 0.5) is 0 Å². The van der Waals surface area contributed by atoms with E-state index in [-0.39, 0.29) is 19.3 Å². The van der Waals surface area contributed by atoms with Gasteiger partial charge in [0.2, 0.25) is 0 Å². The van der Waals surface area contributed by atoms with Gasteiger partial charge < -0.3 is 24.2 Å². The van der Waals surface area contributed by atoms with Crippen molar-refractivity contribution in [3.63, 3.8) is 0 Å². The maximum atomic E-state index is 12.9. The summed E-state index contributed by atoms with van der Waals surface area (Å²) < 4.78 is 39.3. The van der Waals surface area contributed by atoms with Gasteiger partial charge in [0.15, 0.2) is 6.10 Å². The van der Waals surface area contributed by atoms with Crippen molar-refractivity contribution in [3.8, 4) is 0 Å². The molecule has 11 nitrogen and oxygen atoms in total. The van der Waals surface area contributed by atoms with Crippen LogP contribution in [0.5, 0.6) is 0 Å². The lowest BCUT2D eigenvalue weighted by atomic mass is 10.1. The third-order valence-corrected chi connectivity index (χ3v) is 11.6. The molecule has 424 valence electrons. The lowest BCUT2D eigenvalue weighted by Gasteiger charge is -2.21. The molecule has 0 aliphatic carbocycles. The van der Waals surface area contributed by atoms with Crippen molar-refractivity contribution < 1.29 is 52.2 Å². The Morgan fingerprint density at radius 1 is 0.368 bits per heavy atom. The first kappa shape index (κ1) is 70.8. The maximum absolute atomic E-state index is 12.9. The van der Waals surface area contributed by atoms with E-state index in [1.807, 2.05) is 30.4 Å². The van der Waals surface area contributed by atoms with Gasteiger partial charge in [-0.1, -0.05) is 197 Å². The Kier molecular flexibility index (Phi) is 52.2. The van der Waals surface area contributed by atoms with Crippen LogP contribution in [0.2, 0.25) is 0 Å². The summed E-state index contributed by atoms with van der Waals surface area (Å²) in [5.74, 6) is -1.69. The van der Waals surface area contributed by atoms with Crippen molar-refractivity contribution in [3.05, 3.63) is 170 Å². The highest BCUT2D eigenvalue weighted by molar-refractivity contribution is 7.47. The van der Waals surface area contributed by atoms with Crippen LogP contribution in [0.1, 0.15) is 175 Å². The summed E-state index contributed by atoms with van der Waals surface area (Å²) in [6, 6.07) is 0. The van der Waals surface area contributed by atoms with Crippen LogP contribution in [0.25, 0.3) is 0 Å². The number of rotatable bonds is 49. The molecule has 3 atom stereocenters. The number of hydrogen-bond donors (Lipinski definition) is 2. The second-order valence-corrected chi connectivity index (χ2v) is 19.1. The number of esters is 3. The fourth-order valence-corrected chi connectivity index (χ4v) is 7.27. The topological polar surface area (TPSA) is 155 Å². The molecule has 0 saturated heterocycles. The van der Waals surface area contributed by atoms with Crippen molar-refractivity contribution in [2.75, 3.05) is 26.4 Å². The molecule has 0 radical (unpaired) electrons. The molecule has 2 N–H and O–H groups in total. The summed E-state index contributed by atoms with van der Waals surface area (Å²) in [4.78, 5) is 48.5. The van der Waals surface area contributed by atoms with Crippen LogP contribution >= 0.6 is 7.82 Å². The standard InChI is InChI=1S/C64H97O11P/c1-4-7-10-13-16-19-22-25-27-29-30-32-33-36-38-41-44-47-50-53-62(66)71-57-61(75-64(68)55-52-49-46-43-40-37-34-31-28-26-23-20-17-14-11-8-5-2)59-73-76(69,70)72-58-60(56-65)74-63(67)54-51-48-45-42-39-35-24-21-18-15-12-9-6-3/h7-12,16-21,25-28,30,32,34-39,43,45-46,48,60-61,65H,4-6,13-15,22-24,29,31,33,40-42,44,47,49-59H2,1-3H3,(H,69,70)/b10-7-,11-8-,12-9-,19-16-,20-17-,21-18-,27-25-,28-26-,32-30-,37-34-,38-36-,39-35-,46-43-,48-45-. The SMILES string of the molecule is CC/C=C\C/C=C\C/C=C\C/C=C\C/C=C\CCCCCC(=O)OCC(COP(=O)(O)OCC(CO)OC(=O)CC/C=C\C/C=C\C/C=C\C/C=C\CC)OC(=O)CCC/C=C\C/C=C\C/C=C\C/C=C\C/C=C\CC. The molecular formula is C64H97O11P. The van der Waals surface area contributed by atoms with E-state index in [1.54, 1.807) is 0 Å². The Morgan fingerprint density at radius 2 is 0.684 bits per heavy atom. The minimum atomic E-state index is -4.80. The number of ether oxygens (including phenoxy) is 3. The van der Waals surface area contributed by atoms with E-state index in [2.05, 4.69) is 161 Å². The Hall–Kier alpha value is -5.16. The highest BCUT2D eigenvalue weighted by Gasteiger charge is 2.28.